The number of hydrogen-bond donors (Lipinski definition) is 2. The van der Waals surface area contributed by atoms with Gasteiger partial charge in [0, 0.05) is 13.2 Å². The first-order valence-electron chi connectivity index (χ1n) is 28.9. The highest BCUT2D eigenvalue weighted by Gasteiger charge is 2.26. The molecule has 0 aliphatic rings. The maximum absolute atomic E-state index is 13.7. The van der Waals surface area contributed by atoms with E-state index in [1.54, 1.807) is 7.05 Å². The largest absolute Gasteiger partial charge is 0.472 e. The van der Waals surface area contributed by atoms with Gasteiger partial charge in [0.15, 0.2) is 0 Å². The molecule has 0 amide bonds. The van der Waals surface area contributed by atoms with Crippen LogP contribution >= 0.6 is 7.82 Å². The van der Waals surface area contributed by atoms with Crippen LogP contribution < -0.4 is 5.32 Å². The van der Waals surface area contributed by atoms with Crippen LogP contribution in [0, 0.1) is 5.92 Å². The van der Waals surface area contributed by atoms with Gasteiger partial charge in [0.25, 0.3) is 0 Å². The number of ether oxygens (including phenoxy) is 2. The molecule has 2 N–H and O–H groups in total. The molecule has 0 aromatic carbocycles. The lowest BCUT2D eigenvalue weighted by atomic mass is 9.94. The summed E-state index contributed by atoms with van der Waals surface area (Å²) >= 11 is 0. The van der Waals surface area contributed by atoms with E-state index in [4.69, 9.17) is 18.5 Å². The van der Waals surface area contributed by atoms with E-state index in [0.29, 0.717) is 13.2 Å². The molecule has 1 unspecified atom stereocenters. The quantitative estimate of drug-likeness (QED) is 0.0353. The summed E-state index contributed by atoms with van der Waals surface area (Å²) in [6, 6.07) is 0. The average molecular weight is 945 g/mol. The van der Waals surface area contributed by atoms with Gasteiger partial charge in [-0.1, -0.05) is 284 Å². The van der Waals surface area contributed by atoms with E-state index in [1.165, 1.54) is 231 Å². The van der Waals surface area contributed by atoms with Crippen molar-refractivity contribution in [2.45, 2.75) is 309 Å². The first-order chi connectivity index (χ1) is 31.9. The molecule has 390 valence electrons. The second-order valence-corrected chi connectivity index (χ2v) is 21.3. The van der Waals surface area contributed by atoms with E-state index < -0.39 is 13.9 Å². The Morgan fingerprint density at radius 1 is 0.431 bits per heavy atom. The predicted molar refractivity (Wildman–Crippen MR) is 280 cm³/mol. The first kappa shape index (κ1) is 64.5. The van der Waals surface area contributed by atoms with Gasteiger partial charge in [0.2, 0.25) is 0 Å². The lowest BCUT2D eigenvalue weighted by Crippen LogP contribution is -2.29. The van der Waals surface area contributed by atoms with Gasteiger partial charge in [-0.2, -0.15) is 0 Å². The molecule has 0 bridgehead atoms. The van der Waals surface area contributed by atoms with E-state index in [1.807, 2.05) is 0 Å². The zero-order valence-corrected chi connectivity index (χ0v) is 45.0. The number of carbonyl (C=O) groups excluding carboxylic acids is 1. The summed E-state index contributed by atoms with van der Waals surface area (Å²) in [6.45, 7) is 7.69. The molecule has 8 nitrogen and oxygen atoms in total. The molecule has 9 heteroatoms. The molecule has 0 rings (SSSR count). The van der Waals surface area contributed by atoms with Gasteiger partial charge >= 0.3 is 13.8 Å². The molecule has 0 saturated heterocycles. The molecule has 0 aliphatic carbocycles. The third-order valence-electron chi connectivity index (χ3n) is 13.4. The van der Waals surface area contributed by atoms with Crippen molar-refractivity contribution in [3.63, 3.8) is 0 Å². The molecule has 0 spiro atoms. The number of esters is 1. The summed E-state index contributed by atoms with van der Waals surface area (Å²) in [5.41, 5.74) is 0. The van der Waals surface area contributed by atoms with Crippen molar-refractivity contribution in [3.8, 4) is 0 Å². The van der Waals surface area contributed by atoms with Gasteiger partial charge in [-0.05, 0) is 26.3 Å². The zero-order valence-electron chi connectivity index (χ0n) is 44.1. The van der Waals surface area contributed by atoms with Gasteiger partial charge in [-0.3, -0.25) is 13.8 Å². The van der Waals surface area contributed by atoms with Crippen molar-refractivity contribution < 1.29 is 32.8 Å². The molecular weight excluding hydrogens is 830 g/mol. The summed E-state index contributed by atoms with van der Waals surface area (Å²) in [5.74, 6) is -0.275. The topological polar surface area (TPSA) is 103 Å². The van der Waals surface area contributed by atoms with Crippen molar-refractivity contribution >= 4 is 13.8 Å². The number of rotatable bonds is 56. The molecule has 2 atom stereocenters. The summed E-state index contributed by atoms with van der Waals surface area (Å²) in [5, 5.41) is 2.91. The fraction of sp³-hybridized carbons (Fsp3) is 0.982. The van der Waals surface area contributed by atoms with E-state index in [2.05, 4.69) is 26.1 Å². The fourth-order valence-electron chi connectivity index (χ4n) is 9.01. The lowest BCUT2D eigenvalue weighted by molar-refractivity contribution is -0.154. The van der Waals surface area contributed by atoms with Crippen LogP contribution in [0.4, 0.5) is 0 Å². The van der Waals surface area contributed by atoms with Crippen molar-refractivity contribution in [2.75, 3.05) is 40.0 Å². The van der Waals surface area contributed by atoms with Crippen molar-refractivity contribution in [1.29, 1.82) is 0 Å². The van der Waals surface area contributed by atoms with Crippen LogP contribution in [0.5, 0.6) is 0 Å². The average Bonchev–Trinajstić information content (AvgIpc) is 3.30. The summed E-state index contributed by atoms with van der Waals surface area (Å²) < 4.78 is 35.2. The molecule has 0 saturated carbocycles. The number of carbonyl (C=O) groups is 1. The second kappa shape index (κ2) is 52.9. The number of hydrogen-bond acceptors (Lipinski definition) is 7. The highest BCUT2D eigenvalue weighted by atomic mass is 31.2. The number of nitrogens with one attached hydrogen (secondary N) is 1. The van der Waals surface area contributed by atoms with E-state index >= 15 is 0 Å². The molecule has 65 heavy (non-hydrogen) atoms. The zero-order chi connectivity index (χ0) is 47.4. The van der Waals surface area contributed by atoms with Crippen LogP contribution in [0.3, 0.4) is 0 Å². The summed E-state index contributed by atoms with van der Waals surface area (Å²) in [7, 11) is -2.50. The minimum atomic E-state index is -4.26. The molecule has 0 aromatic rings. The number of unbranched alkanes of at least 4 members (excludes halogenated alkanes) is 39. The Bertz CT molecular complexity index is 954. The lowest BCUT2D eigenvalue weighted by Gasteiger charge is -2.22. The molecule has 0 radical (unpaired) electrons. The van der Waals surface area contributed by atoms with Gasteiger partial charge in [0.1, 0.15) is 12.7 Å². The summed E-state index contributed by atoms with van der Waals surface area (Å²) in [4.78, 5) is 24.0. The van der Waals surface area contributed by atoms with E-state index in [9.17, 15) is 14.3 Å². The molecule has 0 aliphatic heterocycles. The van der Waals surface area contributed by atoms with Crippen molar-refractivity contribution in [2.24, 2.45) is 5.92 Å². The minimum absolute atomic E-state index is 0.0158. The van der Waals surface area contributed by atoms with Crippen LogP contribution in [0.2, 0.25) is 0 Å². The first-order valence-corrected chi connectivity index (χ1v) is 30.4. The third-order valence-corrected chi connectivity index (χ3v) is 14.4. The van der Waals surface area contributed by atoms with Gasteiger partial charge < -0.3 is 19.7 Å². The highest BCUT2D eigenvalue weighted by molar-refractivity contribution is 7.47. The van der Waals surface area contributed by atoms with Crippen molar-refractivity contribution in [3.05, 3.63) is 0 Å². The van der Waals surface area contributed by atoms with Crippen LogP contribution in [0.1, 0.15) is 303 Å². The molecule has 0 fully saturated rings. The standard InChI is InChI=1S/C56H114NO7P/c1-5-8-11-14-17-20-23-26-29-32-35-38-41-44-47-54(48-45-42-39-36-33-30-27-24-21-18-15-12-9-6-2)56(58)62-52-55(53-64-65(59,60)63-51-49-57-4)61-50-46-43-40-37-34-31-28-25-22-19-16-13-10-7-3/h54-55,57H,5-53H2,1-4H3,(H,59,60)/t55-/m0/s1. The fourth-order valence-corrected chi connectivity index (χ4v) is 9.76. The van der Waals surface area contributed by atoms with Crippen LogP contribution in [-0.2, 0) is 27.9 Å². The molecule has 0 aromatic heterocycles. The predicted octanol–water partition coefficient (Wildman–Crippen LogP) is 18.1. The van der Waals surface area contributed by atoms with Crippen LogP contribution in [0.25, 0.3) is 0 Å². The van der Waals surface area contributed by atoms with Crippen molar-refractivity contribution in [1.82, 2.24) is 5.32 Å². The van der Waals surface area contributed by atoms with Crippen LogP contribution in [-0.4, -0.2) is 57.0 Å². The Labute approximate surface area is 405 Å². The van der Waals surface area contributed by atoms with Crippen LogP contribution in [0.15, 0.2) is 0 Å². The molecular formula is C56H114NO7P. The molecule has 0 heterocycles. The van der Waals surface area contributed by atoms with E-state index in [-0.39, 0.29) is 31.7 Å². The van der Waals surface area contributed by atoms with Gasteiger partial charge in [0.05, 0.1) is 19.1 Å². The number of likely N-dealkylation sites (N-methyl/N-ethyl adjacent to an activating group) is 1. The Hall–Kier alpha value is -0.500. The monoisotopic (exact) mass is 944 g/mol. The second-order valence-electron chi connectivity index (χ2n) is 19.9. The SMILES string of the molecule is CCCCCCCCCCCCCCCCO[C@@H](COC(=O)C(CCCCCCCCCCCCCCCC)CCCCCCCCCCCCCCCC)COP(=O)(O)OCCNC. The Kier molecular flexibility index (Phi) is 52.5. The third kappa shape index (κ3) is 49.7. The maximum Gasteiger partial charge on any atom is 0.472 e. The number of phosphoric ester groups is 1. The van der Waals surface area contributed by atoms with E-state index in [0.717, 1.165) is 51.4 Å². The normalized spacial score (nSPS) is 13.2. The van der Waals surface area contributed by atoms with Gasteiger partial charge in [-0.25, -0.2) is 4.57 Å². The Morgan fingerprint density at radius 3 is 1.06 bits per heavy atom. The number of phosphoric acid groups is 1. The smallest absolute Gasteiger partial charge is 0.463 e. The van der Waals surface area contributed by atoms with Gasteiger partial charge in [-0.15, -0.1) is 0 Å². The Morgan fingerprint density at radius 2 is 0.738 bits per heavy atom. The maximum atomic E-state index is 13.7. The summed E-state index contributed by atoms with van der Waals surface area (Å²) in [6.07, 6.45) is 56.1. The minimum Gasteiger partial charge on any atom is -0.463 e. The Balaban J connectivity index is 4.88. The highest BCUT2D eigenvalue weighted by Crippen LogP contribution is 2.43.